The largest absolute Gasteiger partial charge is 0.378 e. The standard InChI is InChI=1S/C15H23BrN2O/c1-12-9-15(11-17,6-7-19-12)18(2)10-13-4-3-5-14(16)8-13/h3-5,8,12H,6-7,9-11,17H2,1-2H3. The van der Waals surface area contributed by atoms with Crippen molar-refractivity contribution in [3.8, 4) is 0 Å². The molecule has 2 unspecified atom stereocenters. The quantitative estimate of drug-likeness (QED) is 0.924. The Bertz CT molecular complexity index is 426. The normalized spacial score (nSPS) is 27.7. The van der Waals surface area contributed by atoms with Crippen LogP contribution in [0.3, 0.4) is 0 Å². The number of nitrogens with zero attached hydrogens (tertiary/aromatic N) is 1. The Labute approximate surface area is 124 Å². The zero-order valence-electron chi connectivity index (χ0n) is 11.7. The van der Waals surface area contributed by atoms with Gasteiger partial charge in [-0.25, -0.2) is 0 Å². The van der Waals surface area contributed by atoms with Crippen molar-refractivity contribution in [1.29, 1.82) is 0 Å². The van der Waals surface area contributed by atoms with E-state index in [0.717, 1.165) is 30.5 Å². The highest BCUT2D eigenvalue weighted by molar-refractivity contribution is 9.10. The van der Waals surface area contributed by atoms with Crippen molar-refractivity contribution >= 4 is 15.9 Å². The number of benzene rings is 1. The lowest BCUT2D eigenvalue weighted by molar-refractivity contribution is -0.0584. The van der Waals surface area contributed by atoms with E-state index >= 15 is 0 Å². The van der Waals surface area contributed by atoms with Gasteiger partial charge in [0.25, 0.3) is 0 Å². The summed E-state index contributed by atoms with van der Waals surface area (Å²) in [5.41, 5.74) is 7.46. The number of ether oxygens (including phenoxy) is 1. The zero-order valence-corrected chi connectivity index (χ0v) is 13.3. The first-order valence-electron chi connectivity index (χ1n) is 6.83. The van der Waals surface area contributed by atoms with E-state index in [1.165, 1.54) is 5.56 Å². The van der Waals surface area contributed by atoms with Gasteiger partial charge in [0.2, 0.25) is 0 Å². The molecule has 0 amide bonds. The molecule has 0 bridgehead atoms. The van der Waals surface area contributed by atoms with Gasteiger partial charge in [-0.3, -0.25) is 4.90 Å². The number of nitrogens with two attached hydrogens (primary N) is 1. The molecule has 0 aliphatic carbocycles. The molecule has 4 heteroatoms. The van der Waals surface area contributed by atoms with Gasteiger partial charge in [0.05, 0.1) is 6.10 Å². The van der Waals surface area contributed by atoms with E-state index in [1.807, 2.05) is 0 Å². The first kappa shape index (κ1) is 15.0. The van der Waals surface area contributed by atoms with Gasteiger partial charge >= 0.3 is 0 Å². The second kappa shape index (κ2) is 6.35. The summed E-state index contributed by atoms with van der Waals surface area (Å²) in [5.74, 6) is 0. The smallest absolute Gasteiger partial charge is 0.0565 e. The maximum absolute atomic E-state index is 6.08. The highest BCUT2D eigenvalue weighted by atomic mass is 79.9. The lowest BCUT2D eigenvalue weighted by Crippen LogP contribution is -2.56. The van der Waals surface area contributed by atoms with Gasteiger partial charge in [-0.05, 0) is 44.5 Å². The summed E-state index contributed by atoms with van der Waals surface area (Å²) in [6.45, 7) is 4.55. The van der Waals surface area contributed by atoms with Gasteiger partial charge < -0.3 is 10.5 Å². The zero-order chi connectivity index (χ0) is 13.9. The van der Waals surface area contributed by atoms with Gasteiger partial charge in [0.15, 0.2) is 0 Å². The molecule has 1 aliphatic rings. The van der Waals surface area contributed by atoms with Crippen molar-refractivity contribution in [2.75, 3.05) is 20.2 Å². The van der Waals surface area contributed by atoms with Gasteiger partial charge in [0.1, 0.15) is 0 Å². The highest BCUT2D eigenvalue weighted by Crippen LogP contribution is 2.30. The van der Waals surface area contributed by atoms with Crippen LogP contribution >= 0.6 is 15.9 Å². The van der Waals surface area contributed by atoms with Crippen molar-refractivity contribution in [1.82, 2.24) is 4.90 Å². The van der Waals surface area contributed by atoms with Crippen LogP contribution in [-0.2, 0) is 11.3 Å². The molecule has 2 rings (SSSR count). The summed E-state index contributed by atoms with van der Waals surface area (Å²) in [5, 5.41) is 0. The minimum absolute atomic E-state index is 0.0694. The molecular formula is C15H23BrN2O. The SMILES string of the molecule is CC1CC(CN)(N(C)Cc2cccc(Br)c2)CCO1. The molecule has 1 aromatic carbocycles. The van der Waals surface area contributed by atoms with Crippen LogP contribution in [0, 0.1) is 0 Å². The molecule has 3 nitrogen and oxygen atoms in total. The fourth-order valence-corrected chi connectivity index (χ4v) is 3.36. The fourth-order valence-electron chi connectivity index (χ4n) is 2.91. The van der Waals surface area contributed by atoms with Crippen LogP contribution in [0.2, 0.25) is 0 Å². The third kappa shape index (κ3) is 3.57. The van der Waals surface area contributed by atoms with Crippen LogP contribution < -0.4 is 5.73 Å². The van der Waals surface area contributed by atoms with Gasteiger partial charge in [-0.2, -0.15) is 0 Å². The minimum atomic E-state index is 0.0694. The molecule has 2 N–H and O–H groups in total. The topological polar surface area (TPSA) is 38.5 Å². The van der Waals surface area contributed by atoms with Crippen molar-refractivity contribution in [2.24, 2.45) is 5.73 Å². The van der Waals surface area contributed by atoms with E-state index in [4.69, 9.17) is 10.5 Å². The predicted molar refractivity (Wildman–Crippen MR) is 82.0 cm³/mol. The Morgan fingerprint density at radius 2 is 2.32 bits per heavy atom. The van der Waals surface area contributed by atoms with Crippen LogP contribution in [0.1, 0.15) is 25.3 Å². The van der Waals surface area contributed by atoms with E-state index < -0.39 is 0 Å². The van der Waals surface area contributed by atoms with Crippen LogP contribution in [0.15, 0.2) is 28.7 Å². The monoisotopic (exact) mass is 326 g/mol. The number of hydrogen-bond donors (Lipinski definition) is 1. The maximum Gasteiger partial charge on any atom is 0.0565 e. The molecule has 1 aliphatic heterocycles. The average Bonchev–Trinajstić information content (AvgIpc) is 2.38. The fraction of sp³-hybridized carbons (Fsp3) is 0.600. The van der Waals surface area contributed by atoms with Crippen molar-refractivity contribution in [2.45, 2.75) is 38.0 Å². The molecule has 1 aromatic rings. The lowest BCUT2D eigenvalue weighted by atomic mass is 9.85. The van der Waals surface area contributed by atoms with Gasteiger partial charge in [0, 0.05) is 29.7 Å². The first-order valence-corrected chi connectivity index (χ1v) is 7.62. The van der Waals surface area contributed by atoms with Crippen LogP contribution in [-0.4, -0.2) is 36.7 Å². The third-order valence-corrected chi connectivity index (χ3v) is 4.63. The predicted octanol–water partition coefficient (Wildman–Crippen LogP) is 2.78. The molecule has 2 atom stereocenters. The number of hydrogen-bond acceptors (Lipinski definition) is 3. The van der Waals surface area contributed by atoms with Gasteiger partial charge in [-0.15, -0.1) is 0 Å². The maximum atomic E-state index is 6.08. The summed E-state index contributed by atoms with van der Waals surface area (Å²) in [6.07, 6.45) is 2.31. The number of halogens is 1. The Hall–Kier alpha value is -0.420. The average molecular weight is 327 g/mol. The van der Waals surface area contributed by atoms with Crippen LogP contribution in [0.4, 0.5) is 0 Å². The molecule has 106 valence electrons. The lowest BCUT2D eigenvalue weighted by Gasteiger charge is -2.46. The Morgan fingerprint density at radius 3 is 2.95 bits per heavy atom. The number of likely N-dealkylation sites (N-methyl/N-ethyl adjacent to an activating group) is 1. The summed E-state index contributed by atoms with van der Waals surface area (Å²) >= 11 is 3.52. The molecule has 0 spiro atoms. The second-order valence-electron chi connectivity index (χ2n) is 5.55. The van der Waals surface area contributed by atoms with Crippen molar-refractivity contribution < 1.29 is 4.74 Å². The summed E-state index contributed by atoms with van der Waals surface area (Å²) < 4.78 is 6.79. The molecule has 1 heterocycles. The van der Waals surface area contributed by atoms with E-state index in [9.17, 15) is 0 Å². The molecule has 0 aromatic heterocycles. The highest BCUT2D eigenvalue weighted by Gasteiger charge is 2.37. The van der Waals surface area contributed by atoms with E-state index in [2.05, 4.69) is 59.1 Å². The Kier molecular flexibility index (Phi) is 5.01. The van der Waals surface area contributed by atoms with Gasteiger partial charge in [-0.1, -0.05) is 28.1 Å². The Morgan fingerprint density at radius 1 is 1.53 bits per heavy atom. The molecular weight excluding hydrogens is 304 g/mol. The molecule has 1 saturated heterocycles. The molecule has 0 radical (unpaired) electrons. The van der Waals surface area contributed by atoms with E-state index in [1.54, 1.807) is 0 Å². The third-order valence-electron chi connectivity index (χ3n) is 4.14. The number of rotatable bonds is 4. The first-order chi connectivity index (χ1) is 9.05. The Balaban J connectivity index is 2.10. The molecule has 0 saturated carbocycles. The summed E-state index contributed by atoms with van der Waals surface area (Å²) in [6, 6.07) is 8.46. The van der Waals surface area contributed by atoms with Crippen molar-refractivity contribution in [3.05, 3.63) is 34.3 Å². The van der Waals surface area contributed by atoms with E-state index in [0.29, 0.717) is 12.6 Å². The van der Waals surface area contributed by atoms with Crippen molar-refractivity contribution in [3.63, 3.8) is 0 Å². The molecule has 1 fully saturated rings. The molecule has 19 heavy (non-hydrogen) atoms. The minimum Gasteiger partial charge on any atom is -0.378 e. The van der Waals surface area contributed by atoms with Crippen LogP contribution in [0.25, 0.3) is 0 Å². The second-order valence-corrected chi connectivity index (χ2v) is 6.47. The van der Waals surface area contributed by atoms with E-state index in [-0.39, 0.29) is 5.54 Å². The summed E-state index contributed by atoms with van der Waals surface area (Å²) in [7, 11) is 2.17. The summed E-state index contributed by atoms with van der Waals surface area (Å²) in [4.78, 5) is 2.40. The van der Waals surface area contributed by atoms with Crippen LogP contribution in [0.5, 0.6) is 0 Å².